The molecule has 1 rings (SSSR count). The Morgan fingerprint density at radius 1 is 1.29 bits per heavy atom. The van der Waals surface area contributed by atoms with Crippen LogP contribution in [0.5, 0.6) is 0 Å². The number of nitrogens with zero attached hydrogens (tertiary/aromatic N) is 2. The van der Waals surface area contributed by atoms with Crippen LogP contribution in [-0.2, 0) is 4.79 Å². The Balaban J connectivity index is 2.32. The zero-order valence-electron chi connectivity index (χ0n) is 11.1. The van der Waals surface area contributed by atoms with Gasteiger partial charge in [-0.25, -0.2) is 0 Å². The van der Waals surface area contributed by atoms with Gasteiger partial charge in [0.2, 0.25) is 5.91 Å². The van der Waals surface area contributed by atoms with E-state index in [1.165, 1.54) is 0 Å². The van der Waals surface area contributed by atoms with Crippen LogP contribution in [0.25, 0.3) is 0 Å². The van der Waals surface area contributed by atoms with Crippen molar-refractivity contribution in [3.8, 4) is 0 Å². The zero-order valence-corrected chi connectivity index (χ0v) is 11.1. The van der Waals surface area contributed by atoms with E-state index in [4.69, 9.17) is 11.5 Å². The van der Waals surface area contributed by atoms with E-state index in [0.717, 1.165) is 45.7 Å². The molecule has 0 aromatic rings. The second kappa shape index (κ2) is 6.93. The van der Waals surface area contributed by atoms with Gasteiger partial charge in [-0.05, 0) is 6.42 Å². The van der Waals surface area contributed by atoms with Crippen LogP contribution in [0.3, 0.4) is 0 Å². The first kappa shape index (κ1) is 14.4. The van der Waals surface area contributed by atoms with E-state index in [1.54, 1.807) is 0 Å². The predicted octanol–water partition coefficient (Wildman–Crippen LogP) is -0.537. The van der Waals surface area contributed by atoms with Gasteiger partial charge in [-0.3, -0.25) is 9.69 Å². The molecule has 1 fully saturated rings. The van der Waals surface area contributed by atoms with Gasteiger partial charge in [-0.2, -0.15) is 0 Å². The molecule has 2 atom stereocenters. The number of primary amides is 1. The van der Waals surface area contributed by atoms with E-state index in [9.17, 15) is 4.79 Å². The molecule has 2 unspecified atom stereocenters. The Bertz CT molecular complexity index is 235. The van der Waals surface area contributed by atoms with Crippen LogP contribution in [0.15, 0.2) is 0 Å². The quantitative estimate of drug-likeness (QED) is 0.656. The van der Waals surface area contributed by atoms with Crippen LogP contribution in [0, 0.1) is 5.92 Å². The van der Waals surface area contributed by atoms with Crippen LogP contribution in [-0.4, -0.2) is 61.0 Å². The van der Waals surface area contributed by atoms with Crippen LogP contribution >= 0.6 is 0 Å². The Morgan fingerprint density at radius 2 is 1.88 bits per heavy atom. The fraction of sp³-hybridized carbons (Fsp3) is 0.917. The monoisotopic (exact) mass is 242 g/mol. The Labute approximate surface area is 104 Å². The van der Waals surface area contributed by atoms with Crippen molar-refractivity contribution in [2.45, 2.75) is 26.3 Å². The molecule has 1 saturated heterocycles. The van der Waals surface area contributed by atoms with Crippen molar-refractivity contribution in [1.29, 1.82) is 0 Å². The van der Waals surface area contributed by atoms with Crippen molar-refractivity contribution in [3.05, 3.63) is 0 Å². The van der Waals surface area contributed by atoms with Crippen LogP contribution in [0.1, 0.15) is 20.3 Å². The molecular weight excluding hydrogens is 216 g/mol. The molecule has 0 aromatic heterocycles. The van der Waals surface area contributed by atoms with E-state index >= 15 is 0 Å². The van der Waals surface area contributed by atoms with E-state index in [1.807, 2.05) is 6.92 Å². The van der Waals surface area contributed by atoms with Gasteiger partial charge in [0.1, 0.15) is 0 Å². The van der Waals surface area contributed by atoms with E-state index < -0.39 is 0 Å². The average Bonchev–Trinajstić information content (AvgIpc) is 2.32. The van der Waals surface area contributed by atoms with Gasteiger partial charge in [0.15, 0.2) is 0 Å². The third-order valence-electron chi connectivity index (χ3n) is 3.68. The van der Waals surface area contributed by atoms with Crippen LogP contribution in [0.2, 0.25) is 0 Å². The molecule has 4 N–H and O–H groups in total. The highest BCUT2D eigenvalue weighted by molar-refractivity contribution is 5.76. The fourth-order valence-electron chi connectivity index (χ4n) is 2.36. The van der Waals surface area contributed by atoms with Crippen molar-refractivity contribution >= 4 is 5.91 Å². The van der Waals surface area contributed by atoms with E-state index in [2.05, 4.69) is 16.7 Å². The number of hydrogen-bond acceptors (Lipinski definition) is 4. The Morgan fingerprint density at radius 3 is 2.29 bits per heavy atom. The average molecular weight is 242 g/mol. The van der Waals surface area contributed by atoms with Gasteiger partial charge in [0.05, 0.1) is 0 Å². The highest BCUT2D eigenvalue weighted by Crippen LogP contribution is 2.10. The third kappa shape index (κ3) is 4.26. The van der Waals surface area contributed by atoms with Gasteiger partial charge >= 0.3 is 0 Å². The van der Waals surface area contributed by atoms with E-state index in [-0.39, 0.29) is 11.8 Å². The fourth-order valence-corrected chi connectivity index (χ4v) is 2.36. The summed E-state index contributed by atoms with van der Waals surface area (Å²) in [6.45, 7) is 9.68. The molecule has 1 aliphatic heterocycles. The summed E-state index contributed by atoms with van der Waals surface area (Å²) in [5.74, 6) is -0.265. The summed E-state index contributed by atoms with van der Waals surface area (Å²) >= 11 is 0. The summed E-state index contributed by atoms with van der Waals surface area (Å²) in [5.41, 5.74) is 11.0. The molecule has 5 nitrogen and oxygen atoms in total. The molecule has 0 radical (unpaired) electrons. The maximum absolute atomic E-state index is 11.0. The van der Waals surface area contributed by atoms with Crippen molar-refractivity contribution in [2.75, 3.05) is 39.3 Å². The third-order valence-corrected chi connectivity index (χ3v) is 3.68. The number of carbonyl (C=O) groups is 1. The molecule has 0 bridgehead atoms. The molecule has 0 aliphatic carbocycles. The summed E-state index contributed by atoms with van der Waals surface area (Å²) in [4.78, 5) is 15.8. The summed E-state index contributed by atoms with van der Waals surface area (Å²) in [7, 11) is 0. The number of hydrogen-bond donors (Lipinski definition) is 2. The molecule has 5 heteroatoms. The summed E-state index contributed by atoms with van der Waals surface area (Å²) in [6.07, 6.45) is 1.11. The topological polar surface area (TPSA) is 75.6 Å². The minimum atomic E-state index is -0.208. The van der Waals surface area contributed by atoms with Gasteiger partial charge in [-0.1, -0.05) is 13.8 Å². The first-order chi connectivity index (χ1) is 8.08. The lowest BCUT2D eigenvalue weighted by Crippen LogP contribution is -2.53. The minimum Gasteiger partial charge on any atom is -0.369 e. The minimum absolute atomic E-state index is 0.0574. The second-order valence-corrected chi connectivity index (χ2v) is 4.94. The number of piperazine rings is 1. The van der Waals surface area contributed by atoms with Crippen LogP contribution < -0.4 is 11.5 Å². The Hall–Kier alpha value is -0.650. The van der Waals surface area contributed by atoms with Crippen molar-refractivity contribution in [3.63, 3.8) is 0 Å². The molecule has 0 aromatic carbocycles. The predicted molar refractivity (Wildman–Crippen MR) is 69.5 cm³/mol. The SMILES string of the molecule is CCC(CN)N1CCN(CC(C)C(N)=O)CC1. The first-order valence-electron chi connectivity index (χ1n) is 6.54. The van der Waals surface area contributed by atoms with Crippen molar-refractivity contribution in [2.24, 2.45) is 17.4 Å². The molecule has 17 heavy (non-hydrogen) atoms. The Kier molecular flexibility index (Phi) is 5.88. The molecule has 1 amide bonds. The first-order valence-corrected chi connectivity index (χ1v) is 6.54. The molecule has 0 spiro atoms. The van der Waals surface area contributed by atoms with Gasteiger partial charge in [0.25, 0.3) is 0 Å². The molecule has 0 saturated carbocycles. The highest BCUT2D eigenvalue weighted by Gasteiger charge is 2.23. The maximum atomic E-state index is 11.0. The molecule has 1 aliphatic rings. The van der Waals surface area contributed by atoms with Crippen LogP contribution in [0.4, 0.5) is 0 Å². The smallest absolute Gasteiger partial charge is 0.221 e. The zero-order chi connectivity index (χ0) is 12.8. The number of amides is 1. The lowest BCUT2D eigenvalue weighted by atomic mass is 10.1. The van der Waals surface area contributed by atoms with Gasteiger partial charge < -0.3 is 16.4 Å². The number of carbonyl (C=O) groups excluding carboxylic acids is 1. The molecular formula is C12H26N4O. The standard InChI is InChI=1S/C12H26N4O/c1-3-11(8-13)16-6-4-15(5-7-16)9-10(2)12(14)17/h10-11H,3-9,13H2,1-2H3,(H2,14,17). The summed E-state index contributed by atoms with van der Waals surface area (Å²) < 4.78 is 0. The highest BCUT2D eigenvalue weighted by atomic mass is 16.1. The largest absolute Gasteiger partial charge is 0.369 e. The number of rotatable bonds is 6. The van der Waals surface area contributed by atoms with Crippen molar-refractivity contribution < 1.29 is 4.79 Å². The van der Waals surface area contributed by atoms with E-state index in [0.29, 0.717) is 6.04 Å². The van der Waals surface area contributed by atoms with Gasteiger partial charge in [0, 0.05) is 51.2 Å². The summed E-state index contributed by atoms with van der Waals surface area (Å²) in [5, 5.41) is 0. The second-order valence-electron chi connectivity index (χ2n) is 4.94. The normalized spacial score (nSPS) is 22.3. The number of nitrogens with two attached hydrogens (primary N) is 2. The lowest BCUT2D eigenvalue weighted by molar-refractivity contribution is -0.122. The molecule has 100 valence electrons. The molecule has 1 heterocycles. The van der Waals surface area contributed by atoms with Gasteiger partial charge in [-0.15, -0.1) is 0 Å². The maximum Gasteiger partial charge on any atom is 0.221 e. The summed E-state index contributed by atoms with van der Waals surface area (Å²) in [6, 6.07) is 0.505. The lowest BCUT2D eigenvalue weighted by Gasteiger charge is -2.39. The van der Waals surface area contributed by atoms with Crippen molar-refractivity contribution in [1.82, 2.24) is 9.80 Å².